The minimum Gasteiger partial charge on any atom is -0.493 e. The van der Waals surface area contributed by atoms with Crippen LogP contribution in [0.15, 0.2) is 23.0 Å². The van der Waals surface area contributed by atoms with E-state index in [1.807, 2.05) is 18.7 Å². The molecular weight excluding hydrogens is 448 g/mol. The summed E-state index contributed by atoms with van der Waals surface area (Å²) in [7, 11) is 1.71. The van der Waals surface area contributed by atoms with Crippen molar-refractivity contribution in [2.45, 2.75) is 26.7 Å². The van der Waals surface area contributed by atoms with Crippen LogP contribution in [0.25, 0.3) is 22.4 Å². The van der Waals surface area contributed by atoms with Crippen molar-refractivity contribution >= 4 is 16.8 Å². The molecule has 188 valence electrons. The first-order valence-electron chi connectivity index (χ1n) is 13.8. The number of aryl methyl sites for hydroxylation is 2. The Hall–Kier alpha value is -3.08. The van der Waals surface area contributed by atoms with Crippen LogP contribution in [-0.2, 0) is 13.5 Å². The quantitative estimate of drug-likeness (QED) is 0.414. The first kappa shape index (κ1) is 20.1. The van der Waals surface area contributed by atoms with Crippen molar-refractivity contribution in [2.24, 2.45) is 7.05 Å². The van der Waals surface area contributed by atoms with Crippen LogP contribution >= 0.6 is 0 Å². The summed E-state index contributed by atoms with van der Waals surface area (Å²) in [5, 5.41) is 14.0. The summed E-state index contributed by atoms with van der Waals surface area (Å²) in [4.78, 5) is 36.9. The van der Waals surface area contributed by atoms with Crippen molar-refractivity contribution < 1.29 is 20.1 Å². The van der Waals surface area contributed by atoms with E-state index in [4.69, 9.17) is 15.2 Å². The molecule has 0 saturated carbocycles. The second-order valence-electron chi connectivity index (χ2n) is 8.49. The highest BCUT2D eigenvalue weighted by atomic mass is 16.5. The molecule has 35 heavy (non-hydrogen) atoms. The number of nitrogens with one attached hydrogen (secondary N) is 1. The van der Waals surface area contributed by atoms with Crippen LogP contribution in [-0.4, -0.2) is 92.8 Å². The largest absolute Gasteiger partial charge is 0.493 e. The Kier molecular flexibility index (Phi) is 6.39. The first-order valence-corrected chi connectivity index (χ1v) is 11.8. The fraction of sp³-hybridized carbons (Fsp3) is 0.520. The van der Waals surface area contributed by atoms with Crippen molar-refractivity contribution in [3.63, 3.8) is 0 Å². The van der Waals surface area contributed by atoms with E-state index in [0.29, 0.717) is 54.0 Å². The van der Waals surface area contributed by atoms with E-state index in [-0.39, 0.29) is 36.8 Å². The Morgan fingerprint density at radius 1 is 1.23 bits per heavy atom. The number of benzene rings is 1. The summed E-state index contributed by atoms with van der Waals surface area (Å²) in [6.45, 7) is -0.248. The zero-order chi connectivity index (χ0) is 28.5. The number of fused-ring (bicyclic) bond motifs is 1. The number of aliphatic hydroxyl groups is 1. The monoisotopic (exact) mass is 486 g/mol. The molecule has 1 aromatic carbocycles. The molecule has 1 saturated heterocycles. The number of hydrogen-bond donors (Lipinski definition) is 2. The second kappa shape index (κ2) is 11.1. The topological polar surface area (TPSA) is 117 Å². The number of aromatic nitrogens is 4. The zero-order valence-electron chi connectivity index (χ0n) is 24.3. The number of piperazine rings is 1. The number of nitrogens with zero attached hydrogens (tertiary/aromatic N) is 5. The maximum absolute atomic E-state index is 13.2. The van der Waals surface area contributed by atoms with Crippen LogP contribution in [0.3, 0.4) is 0 Å². The molecule has 3 aromatic rings. The predicted molar refractivity (Wildman–Crippen MR) is 134 cm³/mol. The smallest absolute Gasteiger partial charge is 0.277 e. The van der Waals surface area contributed by atoms with Crippen LogP contribution in [0.4, 0.5) is 0 Å². The normalized spacial score (nSPS) is 17.6. The van der Waals surface area contributed by atoms with E-state index in [1.54, 1.807) is 25.2 Å². The van der Waals surface area contributed by atoms with Gasteiger partial charge in [-0.3, -0.25) is 24.1 Å². The van der Waals surface area contributed by atoms with Crippen LogP contribution < -0.4 is 10.3 Å². The van der Waals surface area contributed by atoms with Crippen molar-refractivity contribution in [1.82, 2.24) is 29.5 Å². The molecular formula is C25H34N6O4. The molecule has 0 unspecified atom stereocenters. The van der Waals surface area contributed by atoms with E-state index in [0.717, 1.165) is 12.1 Å². The lowest BCUT2D eigenvalue weighted by molar-refractivity contribution is 0.0822. The Morgan fingerprint density at radius 2 is 1.97 bits per heavy atom. The highest BCUT2D eigenvalue weighted by Gasteiger charge is 2.22. The summed E-state index contributed by atoms with van der Waals surface area (Å²) < 4.78 is 37.9. The molecule has 3 heterocycles. The molecule has 10 nitrogen and oxygen atoms in total. The number of carbonyl (C=O) groups is 1. The van der Waals surface area contributed by atoms with Gasteiger partial charge < -0.3 is 14.8 Å². The molecule has 4 rings (SSSR count). The Balaban J connectivity index is 1.59. The summed E-state index contributed by atoms with van der Waals surface area (Å²) in [5.41, 5.74) is 2.17. The van der Waals surface area contributed by atoms with Gasteiger partial charge in [0.25, 0.3) is 5.56 Å². The van der Waals surface area contributed by atoms with Gasteiger partial charge in [-0.15, -0.1) is 0 Å². The Labute approximate surface area is 210 Å². The molecule has 0 radical (unpaired) electrons. The minimum atomic E-state index is -3.01. The third-order valence-electron chi connectivity index (χ3n) is 6.05. The summed E-state index contributed by atoms with van der Waals surface area (Å²) in [5.74, 6) is 0.585. The maximum Gasteiger partial charge on any atom is 0.277 e. The fourth-order valence-electron chi connectivity index (χ4n) is 4.33. The van der Waals surface area contributed by atoms with Gasteiger partial charge in [0.2, 0.25) is 0 Å². The van der Waals surface area contributed by atoms with Crippen molar-refractivity contribution in [2.75, 3.05) is 52.4 Å². The van der Waals surface area contributed by atoms with E-state index < -0.39 is 13.1 Å². The van der Waals surface area contributed by atoms with Gasteiger partial charge in [0, 0.05) is 48.0 Å². The SMILES string of the molecule is [2H]C([2H])(O)C([2H])([2H])N1CCN(CC(=O)c2ccc(OCC)c(-c3nc4c(CCC)nn(C)c4c(=O)[nH]3)c2)CC1. The Bertz CT molecular complexity index is 1410. The molecule has 0 amide bonds. The van der Waals surface area contributed by atoms with Crippen molar-refractivity contribution in [1.29, 1.82) is 0 Å². The first-order chi connectivity index (χ1) is 18.4. The molecule has 1 aliphatic heterocycles. The molecule has 0 aliphatic carbocycles. The van der Waals surface area contributed by atoms with Gasteiger partial charge >= 0.3 is 0 Å². The Morgan fingerprint density at radius 3 is 2.66 bits per heavy atom. The van der Waals surface area contributed by atoms with Crippen LogP contribution in [0.1, 0.15) is 41.8 Å². The number of hydrogen-bond acceptors (Lipinski definition) is 8. The number of ether oxygens (including phenoxy) is 1. The van der Waals surface area contributed by atoms with Gasteiger partial charge in [-0.05, 0) is 31.5 Å². The lowest BCUT2D eigenvalue weighted by Crippen LogP contribution is -2.48. The molecule has 10 heteroatoms. The standard InChI is InChI=1S/C25H34N6O4/c1-4-6-19-22-23(29(3)28-19)25(34)27-24(26-22)18-15-17(7-8-21(18)35-5-2)20(33)16-31-11-9-30(10-12-31)13-14-32/h7-8,15,32H,4-6,9-14,16H2,1-3H3,(H,26,27,34)/i13D2,14D2. The third-order valence-corrected chi connectivity index (χ3v) is 6.05. The number of aromatic amines is 1. The van der Waals surface area contributed by atoms with E-state index >= 15 is 0 Å². The average Bonchev–Trinajstić information content (AvgIpc) is 3.19. The summed E-state index contributed by atoms with van der Waals surface area (Å²) in [6, 6.07) is 5.00. The third kappa shape index (κ3) is 5.44. The number of H-pyrrole nitrogens is 1. The van der Waals surface area contributed by atoms with Crippen LogP contribution in [0.5, 0.6) is 5.75 Å². The van der Waals surface area contributed by atoms with E-state index in [2.05, 4.69) is 10.1 Å². The maximum atomic E-state index is 13.2. The van der Waals surface area contributed by atoms with E-state index in [1.165, 1.54) is 9.58 Å². The predicted octanol–water partition coefficient (Wildman–Crippen LogP) is 1.47. The lowest BCUT2D eigenvalue weighted by Gasteiger charge is -2.33. The van der Waals surface area contributed by atoms with E-state index in [9.17, 15) is 14.7 Å². The van der Waals surface area contributed by atoms with Gasteiger partial charge in [0.1, 0.15) is 17.1 Å². The zero-order valence-corrected chi connectivity index (χ0v) is 20.3. The molecule has 2 aromatic heterocycles. The number of carbonyl (C=O) groups excluding carboxylic acids is 1. The van der Waals surface area contributed by atoms with Gasteiger partial charge in [-0.25, -0.2) is 4.98 Å². The highest BCUT2D eigenvalue weighted by molar-refractivity contribution is 5.99. The van der Waals surface area contributed by atoms with Crippen molar-refractivity contribution in [3.05, 3.63) is 39.8 Å². The number of rotatable bonds is 10. The average molecular weight is 487 g/mol. The molecule has 1 fully saturated rings. The van der Waals surface area contributed by atoms with Crippen LogP contribution in [0.2, 0.25) is 0 Å². The van der Waals surface area contributed by atoms with Gasteiger partial charge in [-0.2, -0.15) is 5.10 Å². The van der Waals surface area contributed by atoms with Crippen LogP contribution in [0, 0.1) is 0 Å². The summed E-state index contributed by atoms with van der Waals surface area (Å²) >= 11 is 0. The van der Waals surface area contributed by atoms with Crippen molar-refractivity contribution in [3.8, 4) is 17.1 Å². The second-order valence-corrected chi connectivity index (χ2v) is 8.49. The van der Waals surface area contributed by atoms with Gasteiger partial charge in [0.15, 0.2) is 11.3 Å². The van der Waals surface area contributed by atoms with Gasteiger partial charge in [-0.1, -0.05) is 13.3 Å². The number of β-amino-alcohol motifs (C(OH)–C–C–N with tert-alkyl or cyclic N) is 1. The fourth-order valence-corrected chi connectivity index (χ4v) is 4.33. The number of Topliss-reactive ketones (excluding diaryl/α,β-unsaturated/α-hetero) is 1. The summed E-state index contributed by atoms with van der Waals surface area (Å²) in [6.07, 6.45) is 1.51. The molecule has 1 aliphatic rings. The molecule has 0 bridgehead atoms. The lowest BCUT2D eigenvalue weighted by atomic mass is 10.0. The minimum absolute atomic E-state index is 0.0719. The highest BCUT2D eigenvalue weighted by Crippen LogP contribution is 2.30. The number of ketones is 1. The van der Waals surface area contributed by atoms with Gasteiger partial charge in [0.05, 0.1) is 33.7 Å². The molecule has 0 spiro atoms. The molecule has 0 atom stereocenters. The molecule has 2 N–H and O–H groups in total.